The Kier molecular flexibility index (Phi) is 3.98. The molecule has 1 aliphatic heterocycles. The molecule has 3 nitrogen and oxygen atoms in total. The van der Waals surface area contributed by atoms with Crippen molar-refractivity contribution in [2.24, 2.45) is 5.10 Å². The molecule has 0 aliphatic carbocycles. The second kappa shape index (κ2) is 6.30. The minimum Gasteiger partial charge on any atom is -0.250 e. The van der Waals surface area contributed by atoms with Crippen molar-refractivity contribution in [2.45, 2.75) is 11.8 Å². The van der Waals surface area contributed by atoms with Gasteiger partial charge >= 0.3 is 0 Å². The van der Waals surface area contributed by atoms with Crippen LogP contribution in [0.1, 0.15) is 18.1 Å². The Morgan fingerprint density at radius 2 is 1.32 bits per heavy atom. The van der Waals surface area contributed by atoms with Crippen LogP contribution >= 0.6 is 0 Å². The first kappa shape index (κ1) is 15.8. The molecule has 3 aromatic rings. The Balaban J connectivity index is 1.90. The summed E-state index contributed by atoms with van der Waals surface area (Å²) in [5.74, 6) is 0. The van der Waals surface area contributed by atoms with Crippen LogP contribution in [0.15, 0.2) is 96.1 Å². The summed E-state index contributed by atoms with van der Waals surface area (Å²) in [4.78, 5) is -0.756. The second-order valence-electron chi connectivity index (χ2n) is 6.04. The predicted molar refractivity (Wildman–Crippen MR) is 104 cm³/mol. The van der Waals surface area contributed by atoms with E-state index in [1.54, 1.807) is 0 Å². The third-order valence-corrected chi connectivity index (χ3v) is 6.26. The van der Waals surface area contributed by atoms with E-state index >= 15 is 0 Å². The molecule has 2 unspecified atom stereocenters. The van der Waals surface area contributed by atoms with Gasteiger partial charge in [0, 0.05) is 5.56 Å². The third-order valence-electron chi connectivity index (χ3n) is 4.46. The van der Waals surface area contributed by atoms with Gasteiger partial charge < -0.3 is 0 Å². The Morgan fingerprint density at radius 1 is 0.800 bits per heavy atom. The maximum atomic E-state index is 13.6. The van der Waals surface area contributed by atoms with Crippen LogP contribution in [0, 0.1) is 0 Å². The van der Waals surface area contributed by atoms with Gasteiger partial charge in [0.05, 0.1) is 5.69 Å². The normalized spacial score (nSPS) is 22.7. The average Bonchev–Trinajstić information content (AvgIpc) is 2.96. The molecular weight excluding hydrogens is 328 g/mol. The predicted octanol–water partition coefficient (Wildman–Crippen LogP) is 4.49. The van der Waals surface area contributed by atoms with Gasteiger partial charge in [0.25, 0.3) is 0 Å². The van der Waals surface area contributed by atoms with Gasteiger partial charge in [-0.15, -0.1) is 0 Å². The zero-order valence-corrected chi connectivity index (χ0v) is 14.7. The fourth-order valence-corrected chi connectivity index (χ4v) is 4.62. The fourth-order valence-electron chi connectivity index (χ4n) is 3.09. The summed E-state index contributed by atoms with van der Waals surface area (Å²) < 4.78 is 13.6. The van der Waals surface area contributed by atoms with Crippen LogP contribution in [0.25, 0.3) is 0 Å². The molecule has 124 valence electrons. The minimum absolute atomic E-state index is 0.607. The number of para-hydroxylation sites is 1. The number of rotatable bonds is 3. The number of hydrogen-bond donors (Lipinski definition) is 0. The van der Waals surface area contributed by atoms with E-state index in [4.69, 9.17) is 5.10 Å². The minimum atomic E-state index is -1.32. The molecule has 0 saturated carbocycles. The summed E-state index contributed by atoms with van der Waals surface area (Å²) in [6.07, 6.45) is 0. The fraction of sp³-hybridized carbons (Fsp3) is 0.0952. The summed E-state index contributed by atoms with van der Waals surface area (Å²) in [5.41, 5.74) is 2.79. The van der Waals surface area contributed by atoms with E-state index in [0.29, 0.717) is 5.04 Å². The highest BCUT2D eigenvalue weighted by Crippen LogP contribution is 2.42. The van der Waals surface area contributed by atoms with Crippen molar-refractivity contribution >= 4 is 21.5 Å². The zero-order chi connectivity index (χ0) is 17.3. The van der Waals surface area contributed by atoms with Crippen molar-refractivity contribution in [2.75, 3.05) is 5.01 Å². The van der Waals surface area contributed by atoms with Crippen LogP contribution in [-0.2, 0) is 15.7 Å². The zero-order valence-electron chi connectivity index (χ0n) is 13.9. The maximum absolute atomic E-state index is 13.6. The van der Waals surface area contributed by atoms with E-state index in [0.717, 1.165) is 16.8 Å². The number of anilines is 1. The Hall–Kier alpha value is -2.72. The Labute approximate surface area is 150 Å². The van der Waals surface area contributed by atoms with Crippen molar-refractivity contribution in [1.82, 2.24) is 0 Å². The van der Waals surface area contributed by atoms with E-state index in [1.165, 1.54) is 0 Å². The van der Waals surface area contributed by atoms with Gasteiger partial charge in [0.15, 0.2) is 9.91 Å². The van der Waals surface area contributed by atoms with Crippen molar-refractivity contribution in [1.29, 1.82) is 0 Å². The first-order valence-corrected chi connectivity index (χ1v) is 9.33. The lowest BCUT2D eigenvalue weighted by molar-refractivity contribution is 0.607. The highest BCUT2D eigenvalue weighted by Gasteiger charge is 2.48. The van der Waals surface area contributed by atoms with Gasteiger partial charge in [0.2, 0.25) is 0 Å². The number of hydrazone groups is 1. The molecule has 0 amide bonds. The van der Waals surface area contributed by atoms with E-state index in [1.807, 2.05) is 103 Å². The van der Waals surface area contributed by atoms with Gasteiger partial charge in [0.1, 0.15) is 10.8 Å². The van der Waals surface area contributed by atoms with Crippen molar-refractivity contribution in [3.05, 3.63) is 102 Å². The van der Waals surface area contributed by atoms with Crippen LogP contribution in [0.2, 0.25) is 0 Å². The van der Waals surface area contributed by atoms with E-state index in [2.05, 4.69) is 0 Å². The largest absolute Gasteiger partial charge is 0.250 e. The first-order valence-electron chi connectivity index (χ1n) is 8.18. The van der Waals surface area contributed by atoms with Gasteiger partial charge in [-0.3, -0.25) is 0 Å². The molecule has 1 aliphatic rings. The lowest BCUT2D eigenvalue weighted by atomic mass is 10.1. The lowest BCUT2D eigenvalue weighted by Crippen LogP contribution is -2.40. The summed E-state index contributed by atoms with van der Waals surface area (Å²) >= 11 is 0. The summed E-state index contributed by atoms with van der Waals surface area (Å²) in [6, 6.07) is 29.6. The molecule has 0 radical (unpaired) electrons. The summed E-state index contributed by atoms with van der Waals surface area (Å²) in [5, 5.41) is 7.29. The van der Waals surface area contributed by atoms with Crippen LogP contribution < -0.4 is 5.01 Å². The lowest BCUT2D eigenvalue weighted by Gasteiger charge is -2.33. The quantitative estimate of drug-likeness (QED) is 0.700. The summed E-state index contributed by atoms with van der Waals surface area (Å²) in [7, 11) is -1.32. The molecule has 0 aromatic heterocycles. The van der Waals surface area contributed by atoms with E-state index in [-0.39, 0.29) is 0 Å². The van der Waals surface area contributed by atoms with Crippen molar-refractivity contribution in [3.63, 3.8) is 0 Å². The second-order valence-corrected chi connectivity index (χ2v) is 7.76. The third kappa shape index (κ3) is 2.59. The molecule has 0 spiro atoms. The average molecular weight is 346 g/mol. The first-order chi connectivity index (χ1) is 12.2. The standard InChI is InChI=1S/C21H18N2OS/c1-21(18-13-7-3-8-14-18)23(19-15-9-4-10-16-19)22-20(25(21)24)17-11-5-2-6-12-17/h2-16H,1H3. The smallest absolute Gasteiger partial charge is 0.166 e. The molecule has 0 saturated heterocycles. The molecule has 0 N–H and O–H groups in total. The topological polar surface area (TPSA) is 32.7 Å². The van der Waals surface area contributed by atoms with Crippen LogP contribution in [0.4, 0.5) is 5.69 Å². The van der Waals surface area contributed by atoms with E-state index in [9.17, 15) is 4.21 Å². The van der Waals surface area contributed by atoms with Crippen LogP contribution in [0.5, 0.6) is 0 Å². The van der Waals surface area contributed by atoms with Crippen molar-refractivity contribution < 1.29 is 4.21 Å². The van der Waals surface area contributed by atoms with Gasteiger partial charge in [-0.2, -0.15) is 5.10 Å². The molecule has 4 heteroatoms. The van der Waals surface area contributed by atoms with Crippen LogP contribution in [0.3, 0.4) is 0 Å². The van der Waals surface area contributed by atoms with E-state index < -0.39 is 15.7 Å². The number of nitrogens with zero attached hydrogens (tertiary/aromatic N) is 2. The van der Waals surface area contributed by atoms with Gasteiger partial charge in [-0.1, -0.05) is 78.9 Å². The SMILES string of the molecule is CC1(c2ccccc2)N(c2ccccc2)N=C(c2ccccc2)S1=O. The van der Waals surface area contributed by atoms with Crippen molar-refractivity contribution in [3.8, 4) is 0 Å². The molecule has 25 heavy (non-hydrogen) atoms. The molecule has 0 fully saturated rings. The monoisotopic (exact) mass is 346 g/mol. The van der Waals surface area contributed by atoms with Crippen LogP contribution in [-0.4, -0.2) is 9.25 Å². The highest BCUT2D eigenvalue weighted by atomic mass is 32.2. The highest BCUT2D eigenvalue weighted by molar-refractivity contribution is 8.02. The summed E-state index contributed by atoms with van der Waals surface area (Å²) in [6.45, 7) is 1.99. The van der Waals surface area contributed by atoms with Gasteiger partial charge in [-0.05, 0) is 24.6 Å². The number of benzene rings is 3. The Bertz CT molecular complexity index is 926. The molecular formula is C21H18N2OS. The maximum Gasteiger partial charge on any atom is 0.166 e. The van der Waals surface area contributed by atoms with Gasteiger partial charge in [-0.25, -0.2) is 9.22 Å². The molecule has 4 rings (SSSR count). The molecule has 3 aromatic carbocycles. The molecule has 0 bridgehead atoms. The Morgan fingerprint density at radius 3 is 1.92 bits per heavy atom. The number of hydrogen-bond acceptors (Lipinski definition) is 3. The molecule has 1 heterocycles. The molecule has 2 atom stereocenters.